The molecule has 2 heteroatoms. The van der Waals surface area contributed by atoms with Crippen LogP contribution in [0.25, 0.3) is 0 Å². The third-order valence-corrected chi connectivity index (χ3v) is 3.38. The highest BCUT2D eigenvalue weighted by atomic mass is 16.3. The molecule has 72 valence electrons. The first-order chi connectivity index (χ1) is 5.59. The lowest BCUT2D eigenvalue weighted by molar-refractivity contribution is -0.0247. The van der Waals surface area contributed by atoms with E-state index in [0.717, 1.165) is 19.4 Å². The van der Waals surface area contributed by atoms with Gasteiger partial charge in [0, 0.05) is 6.04 Å². The van der Waals surface area contributed by atoms with Gasteiger partial charge < -0.3 is 10.4 Å². The molecule has 0 aliphatic carbocycles. The molecule has 0 radical (unpaired) electrons. The summed E-state index contributed by atoms with van der Waals surface area (Å²) in [7, 11) is 0. The van der Waals surface area contributed by atoms with Crippen LogP contribution >= 0.6 is 0 Å². The maximum Gasteiger partial charge on any atom is 0.0797 e. The van der Waals surface area contributed by atoms with E-state index in [4.69, 9.17) is 0 Å². The molecule has 0 aromatic carbocycles. The van der Waals surface area contributed by atoms with Crippen LogP contribution in [0.2, 0.25) is 0 Å². The third-order valence-electron chi connectivity index (χ3n) is 3.38. The topological polar surface area (TPSA) is 32.3 Å². The molecule has 0 amide bonds. The molecule has 2 N–H and O–H groups in total. The van der Waals surface area contributed by atoms with Crippen molar-refractivity contribution in [3.05, 3.63) is 0 Å². The number of hydrogen-bond donors (Lipinski definition) is 2. The van der Waals surface area contributed by atoms with Gasteiger partial charge in [-0.3, -0.25) is 0 Å². The molecular formula is C10H21NO. The number of aliphatic hydroxyl groups is 1. The molecule has 3 unspecified atom stereocenters. The van der Waals surface area contributed by atoms with E-state index >= 15 is 0 Å². The fourth-order valence-electron chi connectivity index (χ4n) is 1.94. The van der Waals surface area contributed by atoms with Crippen molar-refractivity contribution in [1.29, 1.82) is 0 Å². The molecule has 0 aromatic heterocycles. The van der Waals surface area contributed by atoms with E-state index in [1.54, 1.807) is 0 Å². The van der Waals surface area contributed by atoms with Gasteiger partial charge in [-0.15, -0.1) is 0 Å². The van der Waals surface area contributed by atoms with Crippen molar-refractivity contribution in [2.45, 2.75) is 51.7 Å². The highest BCUT2D eigenvalue weighted by Gasteiger charge is 2.37. The smallest absolute Gasteiger partial charge is 0.0797 e. The number of nitrogens with one attached hydrogen (secondary N) is 1. The van der Waals surface area contributed by atoms with Crippen LogP contribution in [0.4, 0.5) is 0 Å². The van der Waals surface area contributed by atoms with Gasteiger partial charge in [0.25, 0.3) is 0 Å². The minimum absolute atomic E-state index is 0.312. The Kier molecular flexibility index (Phi) is 3.13. The first-order valence-corrected chi connectivity index (χ1v) is 5.04. The molecule has 1 rings (SSSR count). The van der Waals surface area contributed by atoms with Gasteiger partial charge in [0.15, 0.2) is 0 Å². The second-order valence-electron chi connectivity index (χ2n) is 4.18. The quantitative estimate of drug-likeness (QED) is 0.675. The van der Waals surface area contributed by atoms with E-state index in [1.807, 2.05) is 6.92 Å². The number of rotatable bonds is 3. The Balaban J connectivity index is 2.56. The van der Waals surface area contributed by atoms with Crippen LogP contribution in [0.3, 0.4) is 0 Å². The van der Waals surface area contributed by atoms with Gasteiger partial charge in [0.1, 0.15) is 0 Å². The summed E-state index contributed by atoms with van der Waals surface area (Å²) in [5, 5.41) is 13.6. The predicted octanol–water partition coefficient (Wildman–Crippen LogP) is 1.54. The zero-order valence-electron chi connectivity index (χ0n) is 8.43. The Hall–Kier alpha value is -0.0800. The van der Waals surface area contributed by atoms with Crippen molar-refractivity contribution in [2.24, 2.45) is 5.92 Å². The molecule has 0 bridgehead atoms. The van der Waals surface area contributed by atoms with Crippen molar-refractivity contribution in [3.63, 3.8) is 0 Å². The Bertz CT molecular complexity index is 139. The summed E-state index contributed by atoms with van der Waals surface area (Å²) in [6.45, 7) is 7.29. The van der Waals surface area contributed by atoms with E-state index in [-0.39, 0.29) is 0 Å². The molecule has 1 saturated heterocycles. The number of hydrogen-bond acceptors (Lipinski definition) is 2. The van der Waals surface area contributed by atoms with Gasteiger partial charge in [0.05, 0.1) is 5.60 Å². The lowest BCUT2D eigenvalue weighted by Gasteiger charge is -2.35. The summed E-state index contributed by atoms with van der Waals surface area (Å²) in [5.74, 6) is 0.382. The van der Waals surface area contributed by atoms with E-state index in [0.29, 0.717) is 12.0 Å². The largest absolute Gasteiger partial charge is 0.388 e. The predicted molar refractivity (Wildman–Crippen MR) is 51.1 cm³/mol. The molecule has 0 saturated carbocycles. The molecule has 1 fully saturated rings. The average Bonchev–Trinajstić information content (AvgIpc) is 2.55. The highest BCUT2D eigenvalue weighted by molar-refractivity contribution is 4.94. The Morgan fingerprint density at radius 3 is 2.75 bits per heavy atom. The van der Waals surface area contributed by atoms with Crippen LogP contribution in [0.15, 0.2) is 0 Å². The first-order valence-electron chi connectivity index (χ1n) is 5.04. The van der Waals surface area contributed by atoms with E-state index < -0.39 is 5.60 Å². The molecule has 1 aliphatic rings. The van der Waals surface area contributed by atoms with Crippen molar-refractivity contribution < 1.29 is 5.11 Å². The fourth-order valence-corrected chi connectivity index (χ4v) is 1.94. The molecule has 0 spiro atoms. The van der Waals surface area contributed by atoms with E-state index in [1.165, 1.54) is 6.42 Å². The zero-order valence-corrected chi connectivity index (χ0v) is 8.43. The fraction of sp³-hybridized carbons (Fsp3) is 1.00. The van der Waals surface area contributed by atoms with Gasteiger partial charge in [-0.2, -0.15) is 0 Å². The monoisotopic (exact) mass is 171 g/mol. The standard InChI is InChI=1S/C10H21NO/c1-4-8(2)10(3,12)9-6-5-7-11-9/h8-9,11-12H,4-7H2,1-3H3. The van der Waals surface area contributed by atoms with Crippen molar-refractivity contribution in [1.82, 2.24) is 5.32 Å². The van der Waals surface area contributed by atoms with Crippen LogP contribution < -0.4 is 5.32 Å². The summed E-state index contributed by atoms with van der Waals surface area (Å²) < 4.78 is 0. The molecule has 1 heterocycles. The molecule has 2 nitrogen and oxygen atoms in total. The van der Waals surface area contributed by atoms with Crippen LogP contribution in [0.5, 0.6) is 0 Å². The molecular weight excluding hydrogens is 150 g/mol. The van der Waals surface area contributed by atoms with Gasteiger partial charge in [-0.25, -0.2) is 0 Å². The summed E-state index contributed by atoms with van der Waals surface area (Å²) >= 11 is 0. The van der Waals surface area contributed by atoms with Crippen LogP contribution in [0, 0.1) is 5.92 Å². The lowest BCUT2D eigenvalue weighted by atomic mass is 9.82. The maximum absolute atomic E-state index is 10.2. The van der Waals surface area contributed by atoms with Crippen LogP contribution in [-0.2, 0) is 0 Å². The molecule has 0 aromatic rings. The van der Waals surface area contributed by atoms with Gasteiger partial charge in [0.2, 0.25) is 0 Å². The third kappa shape index (κ3) is 1.80. The normalized spacial score (nSPS) is 31.5. The van der Waals surface area contributed by atoms with Gasteiger partial charge in [-0.05, 0) is 32.2 Å². The van der Waals surface area contributed by atoms with Gasteiger partial charge >= 0.3 is 0 Å². The van der Waals surface area contributed by atoms with E-state index in [9.17, 15) is 5.11 Å². The second-order valence-corrected chi connectivity index (χ2v) is 4.18. The molecule has 12 heavy (non-hydrogen) atoms. The van der Waals surface area contributed by atoms with Crippen LogP contribution in [0.1, 0.15) is 40.0 Å². The summed E-state index contributed by atoms with van der Waals surface area (Å²) in [5.41, 5.74) is -0.523. The Labute approximate surface area is 75.4 Å². The lowest BCUT2D eigenvalue weighted by Crippen LogP contribution is -2.49. The second kappa shape index (κ2) is 3.75. The van der Waals surface area contributed by atoms with Crippen molar-refractivity contribution in [2.75, 3.05) is 6.54 Å². The SMILES string of the molecule is CCC(C)C(C)(O)C1CCCN1. The average molecular weight is 171 g/mol. The summed E-state index contributed by atoms with van der Waals surface area (Å²) in [6.07, 6.45) is 3.37. The molecule has 3 atom stereocenters. The minimum atomic E-state index is -0.523. The van der Waals surface area contributed by atoms with Gasteiger partial charge in [-0.1, -0.05) is 20.3 Å². The van der Waals surface area contributed by atoms with Crippen molar-refractivity contribution >= 4 is 0 Å². The summed E-state index contributed by atoms with van der Waals surface area (Å²) in [6, 6.07) is 0.312. The highest BCUT2D eigenvalue weighted by Crippen LogP contribution is 2.28. The van der Waals surface area contributed by atoms with Crippen LogP contribution in [-0.4, -0.2) is 23.3 Å². The first kappa shape index (κ1) is 10.0. The Morgan fingerprint density at radius 1 is 1.67 bits per heavy atom. The minimum Gasteiger partial charge on any atom is -0.388 e. The molecule has 1 aliphatic heterocycles. The van der Waals surface area contributed by atoms with E-state index in [2.05, 4.69) is 19.2 Å². The summed E-state index contributed by atoms with van der Waals surface area (Å²) in [4.78, 5) is 0. The van der Waals surface area contributed by atoms with Crippen molar-refractivity contribution in [3.8, 4) is 0 Å². The Morgan fingerprint density at radius 2 is 2.33 bits per heavy atom. The zero-order chi connectivity index (χ0) is 9.19. The maximum atomic E-state index is 10.2.